The third-order valence-electron chi connectivity index (χ3n) is 16.0. The van der Waals surface area contributed by atoms with Crippen molar-refractivity contribution in [2.45, 2.75) is 38.9 Å². The van der Waals surface area contributed by atoms with E-state index < -0.39 is 0 Å². The van der Waals surface area contributed by atoms with E-state index in [1.165, 1.54) is 65.4 Å². The van der Waals surface area contributed by atoms with Gasteiger partial charge in [0.1, 0.15) is 0 Å². The Hall–Kier alpha value is -7.66. The highest BCUT2D eigenvalue weighted by Crippen LogP contribution is 2.41. The fourth-order valence-electron chi connectivity index (χ4n) is 11.4. The topological polar surface area (TPSA) is 33.2 Å². The molecule has 3 aromatic heterocycles. The maximum absolute atomic E-state index is 6.84. The molecule has 0 bridgehead atoms. The lowest BCUT2D eigenvalue weighted by Gasteiger charge is -2.32. The molecule has 0 atom stereocenters. The Morgan fingerprint density at radius 3 is 1.04 bits per heavy atom. The van der Waals surface area contributed by atoms with Crippen LogP contribution in [0.2, 0.25) is 10.0 Å². The summed E-state index contributed by atoms with van der Waals surface area (Å²) in [6.45, 7) is 8.36. The van der Waals surface area contributed by atoms with Crippen LogP contribution >= 0.6 is 55.1 Å². The van der Waals surface area contributed by atoms with Crippen LogP contribution in [0.25, 0.3) is 105 Å². The molecule has 0 unspecified atom stereocenters. The number of fused-ring (bicyclic) bond motifs is 9. The molecule has 400 valence electrons. The van der Waals surface area contributed by atoms with Crippen molar-refractivity contribution in [1.82, 2.24) is 13.7 Å². The lowest BCUT2D eigenvalue weighted by molar-refractivity contribution is 0.00578. The first-order valence-electron chi connectivity index (χ1n) is 27.3. The van der Waals surface area contributed by atoms with Gasteiger partial charge in [-0.1, -0.05) is 189 Å². The first-order chi connectivity index (χ1) is 39.8. The van der Waals surface area contributed by atoms with Gasteiger partial charge in [-0.2, -0.15) is 0 Å². The molecule has 4 heterocycles. The minimum atomic E-state index is -0.353. The van der Waals surface area contributed by atoms with Gasteiger partial charge < -0.3 is 23.0 Å². The zero-order chi connectivity index (χ0) is 56.3. The van der Waals surface area contributed by atoms with Crippen molar-refractivity contribution in [2.24, 2.45) is 0 Å². The monoisotopic (exact) mass is 1230 g/mol. The van der Waals surface area contributed by atoms with Gasteiger partial charge >= 0.3 is 7.12 Å². The van der Waals surface area contributed by atoms with Gasteiger partial charge in [-0.3, -0.25) is 0 Å². The molecule has 10 heteroatoms. The predicted molar refractivity (Wildman–Crippen MR) is 354 cm³/mol. The minimum absolute atomic E-state index is 0.343. The van der Waals surface area contributed by atoms with Crippen molar-refractivity contribution in [1.29, 1.82) is 0 Å². The number of halogens is 4. The van der Waals surface area contributed by atoms with E-state index in [1.54, 1.807) is 0 Å². The molecule has 0 radical (unpaired) electrons. The van der Waals surface area contributed by atoms with E-state index >= 15 is 0 Å². The Kier molecular flexibility index (Phi) is 14.3. The summed E-state index contributed by atoms with van der Waals surface area (Å²) in [4.78, 5) is 0. The molecule has 11 aromatic carbocycles. The summed E-state index contributed by atoms with van der Waals surface area (Å²) in [7, 11) is -0.353. The van der Waals surface area contributed by atoms with Gasteiger partial charge in [-0.15, -0.1) is 0 Å². The van der Waals surface area contributed by atoms with Crippen LogP contribution in [0, 0.1) is 0 Å². The predicted octanol–water partition coefficient (Wildman–Crippen LogP) is 20.8. The highest BCUT2D eigenvalue weighted by Gasteiger charge is 2.51. The van der Waals surface area contributed by atoms with Crippen molar-refractivity contribution in [2.75, 3.05) is 0 Å². The van der Waals surface area contributed by atoms with Gasteiger partial charge in [-0.25, -0.2) is 0 Å². The standard InChI is InChI=1S/C42H27ClN2.C24H24BNO2.C6H3Br2Cl/c43-32-24-30(28-19-21-41-37(26-28)35-15-7-9-17-39(35)44(41)33-11-3-1-4-12-33)23-31(25-32)29-20-22-42-38(27-29)36-16-8-10-18-40(36)45(42)34-13-5-2-6-14-34;1-23(2)24(3,4)28-25(27-23)17-14-15-22-20(16-17)19-12-8-9-13-21(19)26(22)18-10-6-5-7-11-18;7-4-1-5(8)3-6(9)2-4/h1-27H;5-16H,1-4H3;1-3H. The third kappa shape index (κ3) is 10.1. The van der Waals surface area contributed by atoms with Crippen LogP contribution in [-0.4, -0.2) is 32.0 Å². The summed E-state index contributed by atoms with van der Waals surface area (Å²) in [5.41, 5.74) is 15.5. The Labute approximate surface area is 504 Å². The van der Waals surface area contributed by atoms with Crippen LogP contribution in [-0.2, 0) is 9.31 Å². The van der Waals surface area contributed by atoms with Crippen LogP contribution in [0.15, 0.2) is 264 Å². The van der Waals surface area contributed by atoms with Crippen LogP contribution < -0.4 is 5.46 Å². The molecule has 0 spiro atoms. The van der Waals surface area contributed by atoms with Crippen molar-refractivity contribution in [3.8, 4) is 39.3 Å². The minimum Gasteiger partial charge on any atom is -0.399 e. The number of benzene rings is 11. The third-order valence-corrected chi connectivity index (χ3v) is 17.4. The molecular weight excluding hydrogens is 1180 g/mol. The van der Waals surface area contributed by atoms with Crippen LogP contribution in [0.3, 0.4) is 0 Å². The van der Waals surface area contributed by atoms with E-state index in [9.17, 15) is 0 Å². The average Bonchev–Trinajstić information content (AvgIpc) is 4.36. The van der Waals surface area contributed by atoms with Crippen molar-refractivity contribution in [3.05, 3.63) is 274 Å². The van der Waals surface area contributed by atoms with E-state index in [4.69, 9.17) is 32.5 Å². The maximum Gasteiger partial charge on any atom is 0.494 e. The molecule has 1 fully saturated rings. The van der Waals surface area contributed by atoms with E-state index in [0.29, 0.717) is 0 Å². The molecule has 0 N–H and O–H groups in total. The highest BCUT2D eigenvalue weighted by atomic mass is 79.9. The van der Waals surface area contributed by atoms with Gasteiger partial charge in [0.05, 0.1) is 44.3 Å². The van der Waals surface area contributed by atoms with Crippen LogP contribution in [0.5, 0.6) is 0 Å². The quantitative estimate of drug-likeness (QED) is 0.155. The zero-order valence-corrected chi connectivity index (χ0v) is 50.2. The van der Waals surface area contributed by atoms with Gasteiger partial charge in [0, 0.05) is 68.4 Å². The van der Waals surface area contributed by atoms with Gasteiger partial charge in [0.15, 0.2) is 0 Å². The van der Waals surface area contributed by atoms with Crippen LogP contribution in [0.1, 0.15) is 27.7 Å². The molecule has 1 saturated heterocycles. The molecule has 15 rings (SSSR count). The number of para-hydroxylation sites is 6. The molecule has 14 aromatic rings. The van der Waals surface area contributed by atoms with Gasteiger partial charge in [0.25, 0.3) is 0 Å². The van der Waals surface area contributed by atoms with Crippen LogP contribution in [0.4, 0.5) is 0 Å². The summed E-state index contributed by atoms with van der Waals surface area (Å²) in [5, 5.41) is 8.83. The van der Waals surface area contributed by atoms with Crippen molar-refractivity contribution >= 4 is 133 Å². The number of nitrogens with zero attached hydrogens (tertiary/aromatic N) is 3. The summed E-state index contributed by atoms with van der Waals surface area (Å²) >= 11 is 19.1. The molecule has 0 saturated carbocycles. The fraction of sp³-hybridized carbons (Fsp3) is 0.0833. The second kappa shape index (κ2) is 21.9. The SMILES string of the molecule is CC1(C)OB(c2ccc3c(c2)c2ccccc2n3-c2ccccc2)OC1(C)C.Clc1cc(-c2ccc3c(c2)c2ccccc2n3-c2ccccc2)cc(-c2ccc3c(c2)c2ccccc2n3-c2ccccc2)c1.Clc1cc(Br)cc(Br)c1. The van der Waals surface area contributed by atoms with E-state index in [1.807, 2.05) is 24.3 Å². The maximum atomic E-state index is 6.84. The molecule has 1 aliphatic heterocycles. The Morgan fingerprint density at radius 2 is 0.646 bits per heavy atom. The zero-order valence-electron chi connectivity index (χ0n) is 45.5. The second-order valence-corrected chi connectivity index (χ2v) is 24.4. The summed E-state index contributed by atoms with van der Waals surface area (Å²) in [5.74, 6) is 0. The van der Waals surface area contributed by atoms with Crippen molar-refractivity contribution < 1.29 is 9.31 Å². The molecule has 5 nitrogen and oxygen atoms in total. The van der Waals surface area contributed by atoms with Crippen molar-refractivity contribution in [3.63, 3.8) is 0 Å². The van der Waals surface area contributed by atoms with Gasteiger partial charge in [0.2, 0.25) is 0 Å². The van der Waals surface area contributed by atoms with E-state index in [-0.39, 0.29) is 18.3 Å². The Morgan fingerprint density at radius 1 is 0.317 bits per heavy atom. The number of rotatable bonds is 6. The smallest absolute Gasteiger partial charge is 0.399 e. The molecule has 1 aliphatic rings. The van der Waals surface area contributed by atoms with E-state index in [0.717, 1.165) is 63.8 Å². The summed E-state index contributed by atoms with van der Waals surface area (Å²) < 4.78 is 21.5. The lowest BCUT2D eigenvalue weighted by atomic mass is 9.78. The first-order valence-corrected chi connectivity index (χ1v) is 29.7. The average molecular weight is 1230 g/mol. The lowest BCUT2D eigenvalue weighted by Crippen LogP contribution is -2.41. The Balaban J connectivity index is 0.000000144. The summed E-state index contributed by atoms with van der Waals surface area (Å²) in [6.07, 6.45) is 0. The number of aromatic nitrogens is 3. The normalized spacial score (nSPS) is 13.7. The molecular formula is C72H54BBr2Cl2N3O2. The Bertz CT molecular complexity index is 4470. The largest absolute Gasteiger partial charge is 0.494 e. The second-order valence-electron chi connectivity index (χ2n) is 21.7. The fourth-order valence-corrected chi connectivity index (χ4v) is 13.5. The van der Waals surface area contributed by atoms with Gasteiger partial charge in [-0.05, 0) is 177 Å². The molecule has 0 amide bonds. The highest BCUT2D eigenvalue weighted by molar-refractivity contribution is 9.11. The van der Waals surface area contributed by atoms with E-state index in [2.05, 4.69) is 304 Å². The number of hydrogen-bond acceptors (Lipinski definition) is 2. The molecule has 0 aliphatic carbocycles. The molecule has 82 heavy (non-hydrogen) atoms. The number of hydrogen-bond donors (Lipinski definition) is 0. The first kappa shape index (κ1) is 53.6. The summed E-state index contributed by atoms with van der Waals surface area (Å²) in [6, 6.07) is 89.6.